The number of rotatable bonds is 4. The third-order valence-corrected chi connectivity index (χ3v) is 3.68. The molecule has 0 aromatic carbocycles. The number of amides is 1. The summed E-state index contributed by atoms with van der Waals surface area (Å²) in [6.07, 6.45) is 6.37. The minimum absolute atomic E-state index is 0.0372. The number of aliphatic imine (C=N–C) groups is 1. The lowest BCUT2D eigenvalue weighted by Gasteiger charge is -2.32. The summed E-state index contributed by atoms with van der Waals surface area (Å²) in [4.78, 5) is 26.5. The summed E-state index contributed by atoms with van der Waals surface area (Å²) in [5.41, 5.74) is 0.429. The topological polar surface area (TPSA) is 58.5 Å². The van der Waals surface area contributed by atoms with Gasteiger partial charge in [0.15, 0.2) is 5.15 Å². The average molecular weight is 308 g/mol. The highest BCUT2D eigenvalue weighted by molar-refractivity contribution is 6.31. The van der Waals surface area contributed by atoms with E-state index in [2.05, 4.69) is 33.7 Å². The van der Waals surface area contributed by atoms with Crippen molar-refractivity contribution in [2.24, 2.45) is 10.9 Å². The van der Waals surface area contributed by atoms with Gasteiger partial charge in [-0.15, -0.1) is 0 Å². The van der Waals surface area contributed by atoms with Gasteiger partial charge in [0.05, 0.1) is 12.1 Å². The van der Waals surface area contributed by atoms with E-state index in [-0.39, 0.29) is 17.0 Å². The van der Waals surface area contributed by atoms with Crippen molar-refractivity contribution in [2.75, 3.05) is 19.6 Å². The van der Waals surface area contributed by atoms with Gasteiger partial charge in [0.25, 0.3) is 0 Å². The minimum atomic E-state index is -0.102. The molecule has 1 atom stereocenters. The van der Waals surface area contributed by atoms with Gasteiger partial charge in [-0.25, -0.2) is 9.98 Å². The van der Waals surface area contributed by atoms with E-state index in [1.807, 2.05) is 0 Å². The van der Waals surface area contributed by atoms with E-state index in [1.165, 1.54) is 24.5 Å². The number of likely N-dealkylation sites (tertiary alicyclic amines) is 1. The lowest BCUT2D eigenvalue weighted by Crippen LogP contribution is -2.39. The molecule has 1 aliphatic heterocycles. The molecule has 0 unspecified atom stereocenters. The molecule has 0 aliphatic carbocycles. The fourth-order valence-electron chi connectivity index (χ4n) is 2.50. The van der Waals surface area contributed by atoms with Crippen LogP contribution in [0.2, 0.25) is 5.15 Å². The van der Waals surface area contributed by atoms with Crippen molar-refractivity contribution in [1.29, 1.82) is 0 Å². The van der Waals surface area contributed by atoms with Crippen LogP contribution in [0.3, 0.4) is 0 Å². The zero-order chi connectivity index (χ0) is 15.2. The Labute approximate surface area is 130 Å². The van der Waals surface area contributed by atoms with Crippen LogP contribution in [0.1, 0.15) is 32.4 Å². The highest BCUT2D eigenvalue weighted by atomic mass is 35.5. The molecule has 0 N–H and O–H groups in total. The van der Waals surface area contributed by atoms with Crippen molar-refractivity contribution in [2.45, 2.75) is 26.7 Å². The maximum atomic E-state index is 12.2. The molecule has 2 heterocycles. The Morgan fingerprint density at radius 3 is 2.95 bits per heavy atom. The number of nitrogens with zero attached hydrogens (tertiary/aromatic N) is 4. The van der Waals surface area contributed by atoms with Crippen LogP contribution in [0.5, 0.6) is 0 Å². The SMILES string of the molecule is C[C](C)CN1CCC[C@@H](C(=O)N=Cc2nccnc2Cl)C1. The maximum absolute atomic E-state index is 12.2. The summed E-state index contributed by atoms with van der Waals surface area (Å²) in [6, 6.07) is 0. The second kappa shape index (κ2) is 7.61. The van der Waals surface area contributed by atoms with E-state index in [4.69, 9.17) is 11.6 Å². The Balaban J connectivity index is 1.95. The maximum Gasteiger partial charge on any atom is 0.250 e. The molecule has 0 spiro atoms. The molecular formula is C15H20ClN4O. The van der Waals surface area contributed by atoms with Crippen LogP contribution < -0.4 is 0 Å². The van der Waals surface area contributed by atoms with Crippen molar-refractivity contribution in [1.82, 2.24) is 14.9 Å². The Kier molecular flexibility index (Phi) is 5.82. The molecule has 5 nitrogen and oxygen atoms in total. The van der Waals surface area contributed by atoms with E-state index in [0.717, 1.165) is 32.5 Å². The molecule has 1 aromatic heterocycles. The van der Waals surface area contributed by atoms with E-state index < -0.39 is 0 Å². The van der Waals surface area contributed by atoms with Crippen LogP contribution in [0.25, 0.3) is 0 Å². The van der Waals surface area contributed by atoms with E-state index >= 15 is 0 Å². The smallest absolute Gasteiger partial charge is 0.250 e. The van der Waals surface area contributed by atoms with Crippen molar-refractivity contribution in [3.05, 3.63) is 29.2 Å². The van der Waals surface area contributed by atoms with Crippen molar-refractivity contribution in [3.63, 3.8) is 0 Å². The van der Waals surface area contributed by atoms with Gasteiger partial charge in [0.1, 0.15) is 5.69 Å². The molecule has 0 saturated carbocycles. The largest absolute Gasteiger partial charge is 0.302 e. The fourth-order valence-corrected chi connectivity index (χ4v) is 2.65. The van der Waals surface area contributed by atoms with Gasteiger partial charge in [-0.3, -0.25) is 9.78 Å². The standard InChI is InChI=1S/C15H20ClN4O/c1-11(2)9-20-7-3-4-12(10-20)15(21)19-8-13-14(16)18-6-5-17-13/h5-6,8,12H,3-4,7,9-10H2,1-2H3/t12-/m1/s1. The molecule has 1 aliphatic rings. The second-order valence-electron chi connectivity index (χ2n) is 5.61. The summed E-state index contributed by atoms with van der Waals surface area (Å²) < 4.78 is 0. The molecule has 6 heteroatoms. The van der Waals surface area contributed by atoms with E-state index in [1.54, 1.807) is 0 Å². The first kappa shape index (κ1) is 16.0. The van der Waals surface area contributed by atoms with Crippen molar-refractivity contribution in [3.8, 4) is 0 Å². The Bertz CT molecular complexity index is 518. The predicted molar refractivity (Wildman–Crippen MR) is 83.4 cm³/mol. The molecule has 1 aromatic rings. The minimum Gasteiger partial charge on any atom is -0.302 e. The molecule has 0 bridgehead atoms. The summed E-state index contributed by atoms with van der Waals surface area (Å²) in [5, 5.41) is 0.260. The third-order valence-electron chi connectivity index (χ3n) is 3.39. The number of hydrogen-bond donors (Lipinski definition) is 0. The average Bonchev–Trinajstić information content (AvgIpc) is 2.45. The molecule has 113 valence electrons. The van der Waals surface area contributed by atoms with Crippen molar-refractivity contribution < 1.29 is 4.79 Å². The monoisotopic (exact) mass is 307 g/mol. The van der Waals surface area contributed by atoms with Crippen LogP contribution in [0, 0.1) is 11.8 Å². The van der Waals surface area contributed by atoms with Crippen LogP contribution in [-0.2, 0) is 4.79 Å². The fraction of sp³-hybridized carbons (Fsp3) is 0.533. The van der Waals surface area contributed by atoms with Crippen LogP contribution in [-0.4, -0.2) is 46.6 Å². The highest BCUT2D eigenvalue weighted by Crippen LogP contribution is 2.19. The molecular weight excluding hydrogens is 288 g/mol. The highest BCUT2D eigenvalue weighted by Gasteiger charge is 2.25. The number of aromatic nitrogens is 2. The lowest BCUT2D eigenvalue weighted by molar-refractivity contribution is -0.123. The first-order chi connectivity index (χ1) is 10.1. The first-order valence-electron chi connectivity index (χ1n) is 7.12. The predicted octanol–water partition coefficient (Wildman–Crippen LogP) is 2.40. The number of carbonyl (C=O) groups excluding carboxylic acids is 1. The van der Waals surface area contributed by atoms with Gasteiger partial charge in [0, 0.05) is 25.5 Å². The van der Waals surface area contributed by atoms with Gasteiger partial charge in [-0.2, -0.15) is 0 Å². The van der Waals surface area contributed by atoms with Gasteiger partial charge < -0.3 is 4.90 Å². The summed E-state index contributed by atoms with van der Waals surface area (Å²) in [6.45, 7) is 6.99. The Morgan fingerprint density at radius 1 is 1.48 bits per heavy atom. The molecule has 1 radical (unpaired) electrons. The Hall–Kier alpha value is -1.33. The number of halogens is 1. The zero-order valence-electron chi connectivity index (χ0n) is 12.4. The Morgan fingerprint density at radius 2 is 2.24 bits per heavy atom. The van der Waals surface area contributed by atoms with Gasteiger partial charge >= 0.3 is 0 Å². The summed E-state index contributed by atoms with van der Waals surface area (Å²) in [5.74, 6) is 1.22. The quantitative estimate of drug-likeness (QED) is 0.802. The van der Waals surface area contributed by atoms with Crippen molar-refractivity contribution >= 4 is 23.7 Å². The zero-order valence-corrected chi connectivity index (χ0v) is 13.2. The van der Waals surface area contributed by atoms with Crippen LogP contribution >= 0.6 is 11.6 Å². The molecule has 1 fully saturated rings. The summed E-state index contributed by atoms with van der Waals surface area (Å²) >= 11 is 5.89. The first-order valence-corrected chi connectivity index (χ1v) is 7.50. The van der Waals surface area contributed by atoms with Crippen LogP contribution in [0.4, 0.5) is 0 Å². The molecule has 21 heavy (non-hydrogen) atoms. The number of piperidine rings is 1. The van der Waals surface area contributed by atoms with Gasteiger partial charge in [-0.05, 0) is 25.3 Å². The normalized spacial score (nSPS) is 20.3. The van der Waals surface area contributed by atoms with Gasteiger partial charge in [0.2, 0.25) is 5.91 Å². The number of carbonyl (C=O) groups is 1. The molecule has 1 saturated heterocycles. The molecule has 1 amide bonds. The van der Waals surface area contributed by atoms with E-state index in [9.17, 15) is 4.79 Å². The number of hydrogen-bond acceptors (Lipinski definition) is 4. The van der Waals surface area contributed by atoms with Gasteiger partial charge in [-0.1, -0.05) is 25.4 Å². The third kappa shape index (κ3) is 4.86. The second-order valence-corrected chi connectivity index (χ2v) is 5.97. The van der Waals surface area contributed by atoms with E-state index in [0.29, 0.717) is 5.69 Å². The lowest BCUT2D eigenvalue weighted by atomic mass is 9.96. The molecule has 2 rings (SSSR count). The summed E-state index contributed by atoms with van der Waals surface area (Å²) in [7, 11) is 0. The van der Waals surface area contributed by atoms with Crippen LogP contribution in [0.15, 0.2) is 17.4 Å².